The Morgan fingerprint density at radius 3 is 1.84 bits per heavy atom. The fourth-order valence-corrected chi connectivity index (χ4v) is 3.36. The third-order valence-corrected chi connectivity index (χ3v) is 4.95. The Bertz CT molecular complexity index is 1200. The number of methoxy groups -OCH3 is 1. The van der Waals surface area contributed by atoms with Crippen LogP contribution >= 0.6 is 0 Å². The lowest BCUT2D eigenvalue weighted by molar-refractivity contribution is -0.153. The molecule has 0 saturated heterocycles. The van der Waals surface area contributed by atoms with E-state index in [-0.39, 0.29) is 5.39 Å². The van der Waals surface area contributed by atoms with Crippen molar-refractivity contribution in [2.75, 3.05) is 13.7 Å². The van der Waals surface area contributed by atoms with Crippen LogP contribution in [0.1, 0.15) is 0 Å². The third-order valence-electron chi connectivity index (χ3n) is 4.95. The molecule has 0 saturated carbocycles. The van der Waals surface area contributed by atoms with Crippen LogP contribution in [0.4, 0.5) is 17.6 Å². The van der Waals surface area contributed by atoms with Gasteiger partial charge >= 0.3 is 6.18 Å². The molecular weight excluding hydrogens is 408 g/mol. The number of benzene rings is 4. The molecule has 0 aliphatic carbocycles. The number of alkyl halides is 3. The summed E-state index contributed by atoms with van der Waals surface area (Å²) in [6.07, 6.45) is -4.52. The smallest absolute Gasteiger partial charge is 0.422 e. The van der Waals surface area contributed by atoms with E-state index in [0.29, 0.717) is 5.39 Å². The first-order chi connectivity index (χ1) is 14.8. The minimum Gasteiger partial charge on any atom is -0.497 e. The largest absolute Gasteiger partial charge is 0.497 e. The summed E-state index contributed by atoms with van der Waals surface area (Å²) in [5.41, 5.74) is 3.91. The fourth-order valence-electron chi connectivity index (χ4n) is 3.36. The molecule has 0 bridgehead atoms. The highest BCUT2D eigenvalue weighted by molar-refractivity contribution is 5.89. The maximum absolute atomic E-state index is 14.6. The van der Waals surface area contributed by atoms with Crippen LogP contribution in [0.5, 0.6) is 11.5 Å². The van der Waals surface area contributed by atoms with Gasteiger partial charge in [-0.15, -0.1) is 0 Å². The zero-order chi connectivity index (χ0) is 22.0. The van der Waals surface area contributed by atoms with Gasteiger partial charge in [0.05, 0.1) is 7.11 Å². The summed E-state index contributed by atoms with van der Waals surface area (Å²) < 4.78 is 61.4. The van der Waals surface area contributed by atoms with Gasteiger partial charge in [-0.3, -0.25) is 0 Å². The summed E-state index contributed by atoms with van der Waals surface area (Å²) in [6.45, 7) is -1.53. The van der Waals surface area contributed by atoms with Gasteiger partial charge in [0.2, 0.25) is 0 Å². The van der Waals surface area contributed by atoms with Crippen molar-refractivity contribution in [2.45, 2.75) is 6.18 Å². The highest BCUT2D eigenvalue weighted by Crippen LogP contribution is 2.32. The summed E-state index contributed by atoms with van der Waals surface area (Å²) in [4.78, 5) is 0. The van der Waals surface area contributed by atoms with Gasteiger partial charge in [-0.05, 0) is 51.9 Å². The number of fused-ring (bicyclic) bond motifs is 1. The lowest BCUT2D eigenvalue weighted by Gasteiger charge is -2.12. The molecule has 0 atom stereocenters. The van der Waals surface area contributed by atoms with E-state index in [1.165, 1.54) is 6.07 Å². The zero-order valence-electron chi connectivity index (χ0n) is 16.5. The normalized spacial score (nSPS) is 11.5. The molecule has 158 valence electrons. The second-order valence-corrected chi connectivity index (χ2v) is 7.02. The Morgan fingerprint density at radius 2 is 1.26 bits per heavy atom. The van der Waals surface area contributed by atoms with Crippen molar-refractivity contribution in [3.63, 3.8) is 0 Å². The highest BCUT2D eigenvalue weighted by atomic mass is 19.4. The molecule has 0 heterocycles. The number of ether oxygens (including phenoxy) is 2. The monoisotopic (exact) mass is 426 g/mol. The van der Waals surface area contributed by atoms with E-state index in [4.69, 9.17) is 4.74 Å². The van der Waals surface area contributed by atoms with E-state index in [1.54, 1.807) is 31.4 Å². The van der Waals surface area contributed by atoms with Crippen LogP contribution in [0.3, 0.4) is 0 Å². The van der Waals surface area contributed by atoms with E-state index in [0.717, 1.165) is 28.0 Å². The van der Waals surface area contributed by atoms with Crippen LogP contribution in [0.15, 0.2) is 78.9 Å². The van der Waals surface area contributed by atoms with Gasteiger partial charge in [0.25, 0.3) is 0 Å². The molecular formula is C25H18F4O2. The van der Waals surface area contributed by atoms with Crippen molar-refractivity contribution < 1.29 is 27.0 Å². The molecule has 31 heavy (non-hydrogen) atoms. The number of halogens is 4. The first-order valence-corrected chi connectivity index (χ1v) is 9.51. The summed E-state index contributed by atoms with van der Waals surface area (Å²) in [5.74, 6) is -0.430. The fraction of sp³-hybridized carbons (Fsp3) is 0.120. The number of hydrogen-bond acceptors (Lipinski definition) is 2. The van der Waals surface area contributed by atoms with Crippen molar-refractivity contribution in [3.05, 3.63) is 84.7 Å². The molecule has 0 fully saturated rings. The highest BCUT2D eigenvalue weighted by Gasteiger charge is 2.29. The first-order valence-electron chi connectivity index (χ1n) is 9.51. The molecule has 0 aliphatic rings. The standard InChI is InChI=1S/C25H18F4O2/c1-30-21-10-6-17(7-11-21)16-2-4-18(5-3-16)19-8-12-22-20(14-19)9-13-23(24(22)26)31-15-25(27,28)29/h2-14H,15H2,1H3. The Kier molecular flexibility index (Phi) is 5.55. The minimum atomic E-state index is -4.52. The van der Waals surface area contributed by atoms with Gasteiger partial charge < -0.3 is 9.47 Å². The third kappa shape index (κ3) is 4.63. The van der Waals surface area contributed by atoms with Crippen LogP contribution in [0, 0.1) is 5.82 Å². The van der Waals surface area contributed by atoms with Gasteiger partial charge in [0, 0.05) is 5.39 Å². The number of rotatable bonds is 5. The van der Waals surface area contributed by atoms with Gasteiger partial charge in [-0.2, -0.15) is 13.2 Å². The summed E-state index contributed by atoms with van der Waals surface area (Å²) in [7, 11) is 1.62. The average Bonchev–Trinajstić information content (AvgIpc) is 2.78. The van der Waals surface area contributed by atoms with E-state index >= 15 is 0 Å². The Labute approximate surface area is 176 Å². The molecule has 0 unspecified atom stereocenters. The van der Waals surface area contributed by atoms with Gasteiger partial charge in [0.15, 0.2) is 18.2 Å². The van der Waals surface area contributed by atoms with Gasteiger partial charge in [0.1, 0.15) is 5.75 Å². The molecule has 0 aliphatic heterocycles. The van der Waals surface area contributed by atoms with E-state index in [2.05, 4.69) is 4.74 Å². The lowest BCUT2D eigenvalue weighted by atomic mass is 9.98. The summed E-state index contributed by atoms with van der Waals surface area (Å²) in [5, 5.41) is 0.784. The molecule has 0 amide bonds. The molecule has 4 rings (SSSR count). The van der Waals surface area contributed by atoms with Crippen LogP contribution in [0.2, 0.25) is 0 Å². The van der Waals surface area contributed by atoms with Crippen LogP contribution in [-0.4, -0.2) is 19.9 Å². The molecule has 4 aromatic rings. The maximum Gasteiger partial charge on any atom is 0.422 e. The average molecular weight is 426 g/mol. The minimum absolute atomic E-state index is 0.207. The van der Waals surface area contributed by atoms with Gasteiger partial charge in [-0.1, -0.05) is 54.6 Å². The Hall–Kier alpha value is -3.54. The van der Waals surface area contributed by atoms with Crippen molar-refractivity contribution in [1.29, 1.82) is 0 Å². The summed E-state index contributed by atoms with van der Waals surface area (Å²) >= 11 is 0. The van der Waals surface area contributed by atoms with Crippen LogP contribution in [0.25, 0.3) is 33.0 Å². The van der Waals surface area contributed by atoms with Crippen molar-refractivity contribution >= 4 is 10.8 Å². The van der Waals surface area contributed by atoms with Crippen LogP contribution in [-0.2, 0) is 0 Å². The van der Waals surface area contributed by atoms with Gasteiger partial charge in [-0.25, -0.2) is 4.39 Å². The van der Waals surface area contributed by atoms with E-state index in [1.807, 2.05) is 48.5 Å². The first kappa shape index (κ1) is 20.7. The number of hydrogen-bond donors (Lipinski definition) is 0. The predicted octanol–water partition coefficient (Wildman–Crippen LogP) is 7.26. The quantitative estimate of drug-likeness (QED) is 0.313. The second kappa shape index (κ2) is 8.30. The molecule has 6 heteroatoms. The van der Waals surface area contributed by atoms with E-state index < -0.39 is 24.3 Å². The Balaban J connectivity index is 1.59. The predicted molar refractivity (Wildman–Crippen MR) is 113 cm³/mol. The molecule has 4 aromatic carbocycles. The Morgan fingerprint density at radius 1 is 0.710 bits per heavy atom. The molecule has 0 N–H and O–H groups in total. The molecule has 0 spiro atoms. The van der Waals surface area contributed by atoms with Crippen LogP contribution < -0.4 is 9.47 Å². The molecule has 0 aromatic heterocycles. The lowest BCUT2D eigenvalue weighted by Crippen LogP contribution is -2.19. The summed E-state index contributed by atoms with van der Waals surface area (Å²) in [6, 6.07) is 23.5. The topological polar surface area (TPSA) is 18.5 Å². The van der Waals surface area contributed by atoms with E-state index in [9.17, 15) is 17.6 Å². The zero-order valence-corrected chi connectivity index (χ0v) is 16.5. The molecule has 0 radical (unpaired) electrons. The van der Waals surface area contributed by atoms with Crippen molar-refractivity contribution in [2.24, 2.45) is 0 Å². The maximum atomic E-state index is 14.6. The van der Waals surface area contributed by atoms with Crippen molar-refractivity contribution in [1.82, 2.24) is 0 Å². The second-order valence-electron chi connectivity index (χ2n) is 7.02. The SMILES string of the molecule is COc1ccc(-c2ccc(-c3ccc4c(F)c(OCC(F)(F)F)ccc4c3)cc2)cc1. The van der Waals surface area contributed by atoms with Crippen molar-refractivity contribution in [3.8, 4) is 33.8 Å². The molecule has 2 nitrogen and oxygen atoms in total.